The summed E-state index contributed by atoms with van der Waals surface area (Å²) in [6.45, 7) is 2.64. The number of hydrogen-bond acceptors (Lipinski definition) is 3. The Hall–Kier alpha value is -1.22. The lowest BCUT2D eigenvalue weighted by atomic mass is 9.93. The Bertz CT molecular complexity index is 377. The maximum absolute atomic E-state index is 5.39. The highest BCUT2D eigenvalue weighted by molar-refractivity contribution is 7.80. The number of nitrogens with zero attached hydrogens (tertiary/aromatic N) is 1. The fraction of sp³-hybridized carbons (Fsp3) is 0.273. The SMILES string of the molecule is CCOC1=CC2=NC=CC(=S)C2C=C1. The Morgan fingerprint density at radius 3 is 3.14 bits per heavy atom. The molecule has 1 heterocycles. The van der Waals surface area contributed by atoms with Gasteiger partial charge in [-0.3, -0.25) is 4.99 Å². The van der Waals surface area contributed by atoms with E-state index in [4.69, 9.17) is 17.0 Å². The van der Waals surface area contributed by atoms with Crippen molar-refractivity contribution in [3.63, 3.8) is 0 Å². The molecule has 2 aliphatic rings. The molecule has 3 heteroatoms. The van der Waals surface area contributed by atoms with Crippen LogP contribution >= 0.6 is 12.2 Å². The van der Waals surface area contributed by atoms with Gasteiger partial charge in [0.1, 0.15) is 5.76 Å². The summed E-state index contributed by atoms with van der Waals surface area (Å²) in [5, 5.41) is 0. The Kier molecular flexibility index (Phi) is 2.59. The van der Waals surface area contributed by atoms with Crippen LogP contribution in [-0.2, 0) is 4.74 Å². The number of rotatable bonds is 2. The predicted molar refractivity (Wildman–Crippen MR) is 61.5 cm³/mol. The van der Waals surface area contributed by atoms with Crippen molar-refractivity contribution in [3.05, 3.63) is 36.3 Å². The molecular weight excluding hydrogens is 194 g/mol. The lowest BCUT2D eigenvalue weighted by Gasteiger charge is -2.19. The minimum atomic E-state index is 0.166. The molecule has 72 valence electrons. The highest BCUT2D eigenvalue weighted by Gasteiger charge is 2.20. The van der Waals surface area contributed by atoms with Crippen LogP contribution in [0.4, 0.5) is 0 Å². The Morgan fingerprint density at radius 2 is 2.36 bits per heavy atom. The third-order valence-electron chi connectivity index (χ3n) is 2.14. The van der Waals surface area contributed by atoms with Crippen LogP contribution in [0.5, 0.6) is 0 Å². The molecule has 1 aliphatic heterocycles. The van der Waals surface area contributed by atoms with E-state index >= 15 is 0 Å². The van der Waals surface area contributed by atoms with Gasteiger partial charge in [-0.15, -0.1) is 0 Å². The number of fused-ring (bicyclic) bond motifs is 1. The molecule has 14 heavy (non-hydrogen) atoms. The number of ether oxygens (including phenoxy) is 1. The molecule has 0 aromatic carbocycles. The topological polar surface area (TPSA) is 21.6 Å². The Balaban J connectivity index is 2.26. The molecule has 0 fully saturated rings. The van der Waals surface area contributed by atoms with Crippen LogP contribution in [0.1, 0.15) is 6.92 Å². The van der Waals surface area contributed by atoms with Gasteiger partial charge in [0.05, 0.1) is 18.2 Å². The average Bonchev–Trinajstić information content (AvgIpc) is 2.18. The summed E-state index contributed by atoms with van der Waals surface area (Å²) >= 11 is 5.22. The minimum absolute atomic E-state index is 0.166. The predicted octanol–water partition coefficient (Wildman–Crippen LogP) is 2.43. The molecule has 0 spiro atoms. The molecule has 1 atom stereocenters. The quantitative estimate of drug-likeness (QED) is 0.646. The minimum Gasteiger partial charge on any atom is -0.494 e. The molecule has 0 radical (unpaired) electrons. The van der Waals surface area contributed by atoms with Crippen LogP contribution in [0.2, 0.25) is 0 Å². The molecule has 1 unspecified atom stereocenters. The number of hydrogen-bond donors (Lipinski definition) is 0. The maximum atomic E-state index is 5.39. The summed E-state index contributed by atoms with van der Waals surface area (Å²) in [5.74, 6) is 1.03. The molecule has 0 saturated carbocycles. The van der Waals surface area contributed by atoms with Gasteiger partial charge < -0.3 is 4.74 Å². The molecule has 2 nitrogen and oxygen atoms in total. The van der Waals surface area contributed by atoms with Crippen molar-refractivity contribution in [3.8, 4) is 0 Å². The fourth-order valence-electron chi connectivity index (χ4n) is 1.49. The second-order valence-corrected chi connectivity index (χ2v) is 3.56. The first-order valence-corrected chi connectivity index (χ1v) is 5.03. The first-order chi connectivity index (χ1) is 6.81. The van der Waals surface area contributed by atoms with Crippen LogP contribution in [0.25, 0.3) is 0 Å². The average molecular weight is 205 g/mol. The van der Waals surface area contributed by atoms with Crippen LogP contribution in [0, 0.1) is 5.92 Å². The standard InChI is InChI=1S/C11H11NOS/c1-2-13-8-3-4-9-10(7-8)12-6-5-11(9)14/h3-7,9H,2H2,1H3. The summed E-state index contributed by atoms with van der Waals surface area (Å²) in [7, 11) is 0. The van der Waals surface area contributed by atoms with Gasteiger partial charge in [-0.2, -0.15) is 0 Å². The van der Waals surface area contributed by atoms with Crippen molar-refractivity contribution in [2.45, 2.75) is 6.92 Å². The fourth-order valence-corrected chi connectivity index (χ4v) is 1.75. The zero-order chi connectivity index (χ0) is 9.97. The van der Waals surface area contributed by atoms with Gasteiger partial charge in [0.25, 0.3) is 0 Å². The van der Waals surface area contributed by atoms with E-state index in [2.05, 4.69) is 4.99 Å². The van der Waals surface area contributed by atoms with E-state index in [0.717, 1.165) is 16.3 Å². The maximum Gasteiger partial charge on any atom is 0.120 e. The van der Waals surface area contributed by atoms with Crippen LogP contribution < -0.4 is 0 Å². The summed E-state index contributed by atoms with van der Waals surface area (Å²) in [6.07, 6.45) is 9.55. The number of allylic oxidation sites excluding steroid dienone is 4. The Labute approximate surface area is 88.7 Å². The van der Waals surface area contributed by atoms with E-state index in [9.17, 15) is 0 Å². The van der Waals surface area contributed by atoms with Gasteiger partial charge in [0, 0.05) is 17.1 Å². The second-order valence-electron chi connectivity index (χ2n) is 3.09. The number of aliphatic imine (C=N–C) groups is 1. The summed E-state index contributed by atoms with van der Waals surface area (Å²) in [6, 6.07) is 0. The molecule has 0 N–H and O–H groups in total. The van der Waals surface area contributed by atoms with Gasteiger partial charge >= 0.3 is 0 Å². The summed E-state index contributed by atoms with van der Waals surface area (Å²) < 4.78 is 5.39. The van der Waals surface area contributed by atoms with Gasteiger partial charge in [0.2, 0.25) is 0 Å². The van der Waals surface area contributed by atoms with Gasteiger partial charge in [-0.25, -0.2) is 0 Å². The molecule has 0 bridgehead atoms. The van der Waals surface area contributed by atoms with Gasteiger partial charge in [0.15, 0.2) is 0 Å². The van der Waals surface area contributed by atoms with Crippen molar-refractivity contribution in [1.82, 2.24) is 0 Å². The van der Waals surface area contributed by atoms with Crippen molar-refractivity contribution in [2.24, 2.45) is 10.9 Å². The Morgan fingerprint density at radius 1 is 1.50 bits per heavy atom. The van der Waals surface area contributed by atoms with Crippen LogP contribution in [0.3, 0.4) is 0 Å². The van der Waals surface area contributed by atoms with Crippen molar-refractivity contribution >= 4 is 22.8 Å². The summed E-state index contributed by atoms with van der Waals surface area (Å²) in [5.41, 5.74) is 0.975. The molecule has 0 aromatic rings. The molecule has 0 aromatic heterocycles. The third kappa shape index (κ3) is 1.68. The largest absolute Gasteiger partial charge is 0.494 e. The van der Waals surface area contributed by atoms with Crippen molar-refractivity contribution in [1.29, 1.82) is 0 Å². The van der Waals surface area contributed by atoms with E-state index in [1.165, 1.54) is 0 Å². The van der Waals surface area contributed by atoms with Crippen LogP contribution in [0.15, 0.2) is 41.3 Å². The second kappa shape index (κ2) is 3.88. The van der Waals surface area contributed by atoms with Crippen molar-refractivity contribution < 1.29 is 4.74 Å². The molecule has 1 aliphatic carbocycles. The number of thiocarbonyl (C=S) groups is 1. The van der Waals surface area contributed by atoms with Gasteiger partial charge in [-0.05, 0) is 19.1 Å². The van der Waals surface area contributed by atoms with E-state index in [1.807, 2.05) is 31.2 Å². The molecular formula is C11H11NOS. The lowest BCUT2D eigenvalue weighted by Crippen LogP contribution is -2.22. The van der Waals surface area contributed by atoms with Crippen LogP contribution in [-0.4, -0.2) is 17.2 Å². The van der Waals surface area contributed by atoms with Crippen molar-refractivity contribution in [2.75, 3.05) is 6.61 Å². The van der Waals surface area contributed by atoms with E-state index in [0.29, 0.717) is 6.61 Å². The molecule has 0 saturated heterocycles. The monoisotopic (exact) mass is 205 g/mol. The zero-order valence-electron chi connectivity index (χ0n) is 7.93. The third-order valence-corrected chi connectivity index (χ3v) is 2.53. The smallest absolute Gasteiger partial charge is 0.120 e. The zero-order valence-corrected chi connectivity index (χ0v) is 8.75. The first kappa shape index (κ1) is 9.34. The highest BCUT2D eigenvalue weighted by Crippen LogP contribution is 2.20. The molecule has 2 rings (SSSR count). The molecule has 0 amide bonds. The first-order valence-electron chi connectivity index (χ1n) is 4.62. The van der Waals surface area contributed by atoms with Gasteiger partial charge in [-0.1, -0.05) is 18.3 Å². The normalized spacial score (nSPS) is 24.1. The highest BCUT2D eigenvalue weighted by atomic mass is 32.1. The summed E-state index contributed by atoms with van der Waals surface area (Å²) in [4.78, 5) is 5.19. The van der Waals surface area contributed by atoms with E-state index in [-0.39, 0.29) is 5.92 Å². The van der Waals surface area contributed by atoms with E-state index in [1.54, 1.807) is 6.20 Å². The van der Waals surface area contributed by atoms with E-state index < -0.39 is 0 Å². The lowest BCUT2D eigenvalue weighted by molar-refractivity contribution is 0.242.